The van der Waals surface area contributed by atoms with E-state index in [1.165, 1.54) is 6.07 Å². The maximum absolute atomic E-state index is 15.2. The van der Waals surface area contributed by atoms with Crippen LogP contribution in [-0.4, -0.2) is 45.6 Å². The summed E-state index contributed by atoms with van der Waals surface area (Å²) in [6, 6.07) is 6.95. The summed E-state index contributed by atoms with van der Waals surface area (Å²) >= 11 is 0. The highest BCUT2D eigenvalue weighted by Gasteiger charge is 2.23. The van der Waals surface area contributed by atoms with Gasteiger partial charge in [-0.2, -0.15) is 5.10 Å². The molecule has 0 atom stereocenters. The topological polar surface area (TPSA) is 130 Å². The lowest BCUT2D eigenvalue weighted by molar-refractivity contribution is -0.119. The molecular formula is C28H24FN9O. The van der Waals surface area contributed by atoms with Crippen LogP contribution < -0.4 is 5.32 Å². The zero-order valence-corrected chi connectivity index (χ0v) is 21.1. The molecule has 1 aromatic carbocycles. The predicted octanol–water partition coefficient (Wildman–Crippen LogP) is 5.33. The third kappa shape index (κ3) is 4.12. The molecule has 10 nitrogen and oxygen atoms in total. The fourth-order valence-electron chi connectivity index (χ4n) is 5.31. The third-order valence-corrected chi connectivity index (χ3v) is 7.27. The van der Waals surface area contributed by atoms with Gasteiger partial charge in [-0.1, -0.05) is 12.8 Å². The van der Waals surface area contributed by atoms with E-state index in [-0.39, 0.29) is 17.3 Å². The van der Waals surface area contributed by atoms with Gasteiger partial charge in [0.25, 0.3) is 0 Å². The summed E-state index contributed by atoms with van der Waals surface area (Å²) in [5.74, 6) is 0.0484. The molecule has 3 N–H and O–H groups in total. The largest absolute Gasteiger partial charge is 0.334 e. The van der Waals surface area contributed by atoms with Crippen molar-refractivity contribution in [1.29, 1.82) is 0 Å². The number of aryl methyl sites for hydroxylation is 1. The second kappa shape index (κ2) is 9.12. The number of hydrogen-bond acceptors (Lipinski definition) is 6. The summed E-state index contributed by atoms with van der Waals surface area (Å²) in [5, 5.41) is 10.7. The maximum atomic E-state index is 15.2. The minimum Gasteiger partial charge on any atom is -0.334 e. The molecule has 1 aliphatic rings. The quantitative estimate of drug-likeness (QED) is 0.281. The van der Waals surface area contributed by atoms with Gasteiger partial charge in [-0.25, -0.2) is 19.3 Å². The van der Waals surface area contributed by atoms with E-state index in [0.717, 1.165) is 42.6 Å². The number of pyridine rings is 2. The van der Waals surface area contributed by atoms with E-state index < -0.39 is 5.82 Å². The van der Waals surface area contributed by atoms with Crippen molar-refractivity contribution in [3.05, 3.63) is 66.9 Å². The van der Waals surface area contributed by atoms with E-state index in [4.69, 9.17) is 0 Å². The number of halogens is 1. The van der Waals surface area contributed by atoms with Gasteiger partial charge in [0.15, 0.2) is 17.3 Å². The monoisotopic (exact) mass is 521 g/mol. The van der Waals surface area contributed by atoms with Crippen molar-refractivity contribution in [2.24, 2.45) is 5.92 Å². The van der Waals surface area contributed by atoms with Gasteiger partial charge < -0.3 is 14.9 Å². The van der Waals surface area contributed by atoms with Crippen molar-refractivity contribution in [1.82, 2.24) is 39.7 Å². The molecule has 0 bridgehead atoms. The van der Waals surface area contributed by atoms with Gasteiger partial charge in [0.05, 0.1) is 29.6 Å². The highest BCUT2D eigenvalue weighted by Crippen LogP contribution is 2.33. The zero-order valence-electron chi connectivity index (χ0n) is 21.1. The fraction of sp³-hybridized carbons (Fsp3) is 0.214. The zero-order chi connectivity index (χ0) is 26.5. The number of benzene rings is 1. The predicted molar refractivity (Wildman–Crippen MR) is 145 cm³/mol. The smallest absolute Gasteiger partial charge is 0.227 e. The molecule has 1 fully saturated rings. The van der Waals surface area contributed by atoms with Gasteiger partial charge in [-0.05, 0) is 49.6 Å². The Labute approximate surface area is 221 Å². The standard InChI is InChI=1S/C28H24FN9O/c1-15-13-38(14-32-15)22-6-7-31-26-25(22)34-27(35-26)24-20-9-17(10-21(29)23(20)36-37-24)18-8-19(12-30-11-18)33-28(39)16-4-2-3-5-16/h6-14,16H,2-5H2,1H3,(H,33,39)(H,36,37)(H,31,34,35). The van der Waals surface area contributed by atoms with Crippen molar-refractivity contribution >= 4 is 33.7 Å². The lowest BCUT2D eigenvalue weighted by Crippen LogP contribution is -2.20. The number of carbonyl (C=O) groups excluding carboxylic acids is 1. The van der Waals surface area contributed by atoms with Crippen molar-refractivity contribution in [2.45, 2.75) is 32.6 Å². The molecule has 0 unspecified atom stereocenters. The van der Waals surface area contributed by atoms with Crippen molar-refractivity contribution in [3.8, 4) is 28.3 Å². The molecule has 0 saturated heterocycles. The highest BCUT2D eigenvalue weighted by atomic mass is 19.1. The Hall–Kier alpha value is -4.93. The van der Waals surface area contributed by atoms with E-state index in [1.807, 2.05) is 35.9 Å². The number of nitrogens with zero attached hydrogens (tertiary/aromatic N) is 6. The number of fused-ring (bicyclic) bond motifs is 2. The van der Waals surface area contributed by atoms with E-state index in [0.29, 0.717) is 39.4 Å². The molecule has 194 valence electrons. The molecule has 1 aliphatic carbocycles. The average Bonchev–Trinajstić information content (AvgIpc) is 3.74. The molecule has 0 radical (unpaired) electrons. The highest BCUT2D eigenvalue weighted by molar-refractivity contribution is 5.97. The molecule has 0 aliphatic heterocycles. The summed E-state index contributed by atoms with van der Waals surface area (Å²) in [6.07, 6.45) is 12.6. The Kier molecular flexibility index (Phi) is 5.43. The normalized spacial score (nSPS) is 14.0. The number of H-pyrrole nitrogens is 2. The van der Waals surface area contributed by atoms with Gasteiger partial charge in [-0.3, -0.25) is 14.9 Å². The first-order chi connectivity index (χ1) is 19.0. The van der Waals surface area contributed by atoms with Crippen LogP contribution in [0.4, 0.5) is 10.1 Å². The first-order valence-corrected chi connectivity index (χ1v) is 12.8. The van der Waals surface area contributed by atoms with Crippen LogP contribution in [0.1, 0.15) is 31.4 Å². The number of imidazole rings is 2. The molecule has 5 heterocycles. The number of aromatic nitrogens is 8. The van der Waals surface area contributed by atoms with Crippen molar-refractivity contribution in [2.75, 3.05) is 5.32 Å². The number of amides is 1. The Morgan fingerprint density at radius 2 is 2.00 bits per heavy atom. The number of anilines is 1. The second-order valence-electron chi connectivity index (χ2n) is 9.92. The van der Waals surface area contributed by atoms with Crippen LogP contribution in [0, 0.1) is 18.7 Å². The molecular weight excluding hydrogens is 497 g/mol. The molecule has 1 saturated carbocycles. The van der Waals surface area contributed by atoms with Crippen molar-refractivity contribution < 1.29 is 9.18 Å². The van der Waals surface area contributed by atoms with Gasteiger partial charge in [-0.15, -0.1) is 0 Å². The summed E-state index contributed by atoms with van der Waals surface area (Å²) < 4.78 is 17.1. The van der Waals surface area contributed by atoms with Crippen LogP contribution in [0.5, 0.6) is 0 Å². The Morgan fingerprint density at radius 3 is 2.82 bits per heavy atom. The molecule has 6 aromatic rings. The SMILES string of the molecule is Cc1cn(-c2ccnc3nc(-c4[nH]nc5c(F)cc(-c6cncc(NC(=O)C7CCCC7)c6)cc45)[nH]c23)cn1. The average molecular weight is 522 g/mol. The maximum Gasteiger partial charge on any atom is 0.227 e. The van der Waals surface area contributed by atoms with E-state index >= 15 is 4.39 Å². The number of aromatic amines is 2. The van der Waals surface area contributed by atoms with E-state index in [1.54, 1.807) is 24.9 Å². The van der Waals surface area contributed by atoms with Crippen LogP contribution in [0.2, 0.25) is 0 Å². The van der Waals surface area contributed by atoms with Crippen LogP contribution in [-0.2, 0) is 4.79 Å². The van der Waals surface area contributed by atoms with Gasteiger partial charge in [0.2, 0.25) is 5.91 Å². The molecule has 0 spiro atoms. The molecule has 39 heavy (non-hydrogen) atoms. The van der Waals surface area contributed by atoms with E-state index in [9.17, 15) is 4.79 Å². The molecule has 1 amide bonds. The first kappa shape index (κ1) is 23.2. The minimum atomic E-state index is -0.478. The molecule has 11 heteroatoms. The summed E-state index contributed by atoms with van der Waals surface area (Å²) in [6.45, 7) is 1.92. The fourth-order valence-corrected chi connectivity index (χ4v) is 5.31. The van der Waals surface area contributed by atoms with Crippen LogP contribution in [0.15, 0.2) is 55.4 Å². The van der Waals surface area contributed by atoms with Gasteiger partial charge in [0, 0.05) is 35.5 Å². The number of nitrogens with one attached hydrogen (secondary N) is 3. The number of carbonyl (C=O) groups is 1. The summed E-state index contributed by atoms with van der Waals surface area (Å²) in [7, 11) is 0. The summed E-state index contributed by atoms with van der Waals surface area (Å²) in [4.78, 5) is 33.6. The third-order valence-electron chi connectivity index (χ3n) is 7.27. The van der Waals surface area contributed by atoms with Crippen molar-refractivity contribution in [3.63, 3.8) is 0 Å². The van der Waals surface area contributed by atoms with E-state index in [2.05, 4.69) is 40.4 Å². The Balaban J connectivity index is 1.27. The minimum absolute atomic E-state index is 0.00826. The number of hydrogen-bond donors (Lipinski definition) is 3. The second-order valence-corrected chi connectivity index (χ2v) is 9.92. The lowest BCUT2D eigenvalue weighted by atomic mass is 10.0. The van der Waals surface area contributed by atoms with Gasteiger partial charge >= 0.3 is 0 Å². The van der Waals surface area contributed by atoms with Crippen LogP contribution in [0.3, 0.4) is 0 Å². The van der Waals surface area contributed by atoms with Crippen LogP contribution >= 0.6 is 0 Å². The van der Waals surface area contributed by atoms with Gasteiger partial charge in [0.1, 0.15) is 16.7 Å². The number of rotatable bonds is 5. The Morgan fingerprint density at radius 1 is 1.13 bits per heavy atom. The lowest BCUT2D eigenvalue weighted by Gasteiger charge is -2.11. The first-order valence-electron chi connectivity index (χ1n) is 12.8. The Bertz CT molecular complexity index is 1860. The molecule has 5 aromatic heterocycles. The molecule has 7 rings (SSSR count). The summed E-state index contributed by atoms with van der Waals surface area (Å²) in [5.41, 5.74) is 5.58. The van der Waals surface area contributed by atoms with Crippen LogP contribution in [0.25, 0.3) is 50.4 Å².